The Labute approximate surface area is 180 Å². The van der Waals surface area contributed by atoms with E-state index in [2.05, 4.69) is 15.9 Å². The fourth-order valence-corrected chi connectivity index (χ4v) is 4.20. The third kappa shape index (κ3) is 2.80. The van der Waals surface area contributed by atoms with Gasteiger partial charge in [0.2, 0.25) is 6.79 Å². The molecule has 6 heteroatoms. The highest BCUT2D eigenvalue weighted by Crippen LogP contribution is 2.40. The summed E-state index contributed by atoms with van der Waals surface area (Å²) >= 11 is 3.38. The molecule has 0 bridgehead atoms. The lowest BCUT2D eigenvalue weighted by atomic mass is 9.78. The first-order chi connectivity index (χ1) is 14.6. The van der Waals surface area contributed by atoms with Crippen LogP contribution in [0.3, 0.4) is 0 Å². The SMILES string of the molecule is O=C(C1=C(c2ccccc2)C(=O)c2ccccc2C1=O)c1cc2c(cc1Br)OCO2. The number of benzene rings is 3. The van der Waals surface area contributed by atoms with Crippen molar-refractivity contribution in [3.63, 3.8) is 0 Å². The van der Waals surface area contributed by atoms with Crippen LogP contribution in [0, 0.1) is 0 Å². The fourth-order valence-electron chi connectivity index (χ4n) is 3.70. The van der Waals surface area contributed by atoms with Gasteiger partial charge in [-0.3, -0.25) is 14.4 Å². The van der Waals surface area contributed by atoms with Gasteiger partial charge in [0.05, 0.1) is 5.57 Å². The number of rotatable bonds is 3. The smallest absolute Gasteiger partial charge is 0.231 e. The van der Waals surface area contributed by atoms with Crippen LogP contribution in [0.1, 0.15) is 36.6 Å². The van der Waals surface area contributed by atoms with Crippen LogP contribution in [-0.4, -0.2) is 24.1 Å². The average Bonchev–Trinajstić information content (AvgIpc) is 3.23. The van der Waals surface area contributed by atoms with E-state index in [9.17, 15) is 14.4 Å². The van der Waals surface area contributed by atoms with Crippen molar-refractivity contribution in [2.24, 2.45) is 0 Å². The molecule has 1 heterocycles. The van der Waals surface area contributed by atoms with Crippen molar-refractivity contribution in [2.75, 3.05) is 6.79 Å². The zero-order chi connectivity index (χ0) is 20.8. The molecule has 3 aromatic rings. The summed E-state index contributed by atoms with van der Waals surface area (Å²) in [5.74, 6) is -0.451. The van der Waals surface area contributed by atoms with Crippen molar-refractivity contribution in [2.45, 2.75) is 0 Å². The Morgan fingerprint density at radius 1 is 0.800 bits per heavy atom. The molecule has 0 amide bonds. The Hall–Kier alpha value is -3.51. The number of halogens is 1. The van der Waals surface area contributed by atoms with Crippen LogP contribution in [0.4, 0.5) is 0 Å². The van der Waals surface area contributed by atoms with Crippen LogP contribution < -0.4 is 9.47 Å². The Morgan fingerprint density at radius 3 is 2.10 bits per heavy atom. The zero-order valence-corrected chi connectivity index (χ0v) is 17.1. The van der Waals surface area contributed by atoms with Gasteiger partial charge in [-0.15, -0.1) is 0 Å². The Bertz CT molecular complexity index is 1270. The van der Waals surface area contributed by atoms with Crippen molar-refractivity contribution in [1.82, 2.24) is 0 Å². The molecule has 1 aliphatic carbocycles. The standard InChI is InChI=1S/C24H13BrO5/c25-17-11-19-18(29-12-30-19)10-16(17)24(28)21-20(13-6-2-1-3-7-13)22(26)14-8-4-5-9-15(14)23(21)27/h1-11H,12H2. The van der Waals surface area contributed by atoms with E-state index >= 15 is 0 Å². The first-order valence-corrected chi connectivity index (χ1v) is 9.97. The minimum atomic E-state index is -0.549. The summed E-state index contributed by atoms with van der Waals surface area (Å²) in [5.41, 5.74) is 1.22. The second kappa shape index (κ2) is 7.07. The van der Waals surface area contributed by atoms with Gasteiger partial charge in [0, 0.05) is 26.7 Å². The number of fused-ring (bicyclic) bond motifs is 2. The fraction of sp³-hybridized carbons (Fsp3) is 0.0417. The third-order valence-corrected chi connectivity index (χ3v) is 5.77. The molecule has 0 radical (unpaired) electrons. The van der Waals surface area contributed by atoms with Gasteiger partial charge in [-0.25, -0.2) is 0 Å². The van der Waals surface area contributed by atoms with E-state index in [0.29, 0.717) is 27.1 Å². The Morgan fingerprint density at radius 2 is 1.40 bits per heavy atom. The molecule has 0 aromatic heterocycles. The van der Waals surface area contributed by atoms with Gasteiger partial charge in [-0.1, -0.05) is 54.6 Å². The molecule has 30 heavy (non-hydrogen) atoms. The first kappa shape index (κ1) is 18.5. The van der Waals surface area contributed by atoms with Gasteiger partial charge >= 0.3 is 0 Å². The van der Waals surface area contributed by atoms with E-state index < -0.39 is 11.6 Å². The summed E-state index contributed by atoms with van der Waals surface area (Å²) in [6, 6.07) is 18.5. The van der Waals surface area contributed by atoms with Gasteiger partial charge in [-0.05, 0) is 33.6 Å². The van der Waals surface area contributed by atoms with Gasteiger partial charge in [0.25, 0.3) is 0 Å². The van der Waals surface area contributed by atoms with Crippen LogP contribution in [0.25, 0.3) is 5.57 Å². The summed E-state index contributed by atoms with van der Waals surface area (Å²) in [4.78, 5) is 40.4. The summed E-state index contributed by atoms with van der Waals surface area (Å²) in [6.45, 7) is 0.0577. The summed E-state index contributed by atoms with van der Waals surface area (Å²) in [6.07, 6.45) is 0. The highest BCUT2D eigenvalue weighted by molar-refractivity contribution is 9.10. The molecule has 0 fully saturated rings. The number of ketones is 3. The lowest BCUT2D eigenvalue weighted by Crippen LogP contribution is -2.26. The molecule has 0 spiro atoms. The van der Waals surface area contributed by atoms with E-state index in [1.165, 1.54) is 6.07 Å². The van der Waals surface area contributed by atoms with Crippen LogP contribution in [0.5, 0.6) is 11.5 Å². The molecule has 2 aliphatic rings. The molecule has 1 aliphatic heterocycles. The molecular weight excluding hydrogens is 448 g/mol. The number of Topliss-reactive ketones (excluding diaryl/α,β-unsaturated/α-hetero) is 3. The Balaban J connectivity index is 1.75. The lowest BCUT2D eigenvalue weighted by molar-refractivity contribution is 0.0940. The van der Waals surface area contributed by atoms with Crippen LogP contribution in [0.15, 0.2) is 76.8 Å². The minimum absolute atomic E-state index is 0.0577. The van der Waals surface area contributed by atoms with Crippen LogP contribution in [-0.2, 0) is 0 Å². The van der Waals surface area contributed by atoms with E-state index in [1.54, 1.807) is 54.6 Å². The third-order valence-electron chi connectivity index (χ3n) is 5.12. The van der Waals surface area contributed by atoms with Gasteiger partial charge in [0.15, 0.2) is 28.8 Å². The Kier molecular flexibility index (Phi) is 4.37. The summed E-state index contributed by atoms with van der Waals surface area (Å²) in [5, 5.41) is 0. The molecule has 0 N–H and O–H groups in total. The predicted molar refractivity (Wildman–Crippen MR) is 113 cm³/mol. The molecule has 0 saturated carbocycles. The quantitative estimate of drug-likeness (QED) is 0.410. The van der Waals surface area contributed by atoms with Crippen LogP contribution >= 0.6 is 15.9 Å². The lowest BCUT2D eigenvalue weighted by Gasteiger charge is -2.21. The largest absolute Gasteiger partial charge is 0.454 e. The van der Waals surface area contributed by atoms with Crippen molar-refractivity contribution < 1.29 is 23.9 Å². The molecule has 3 aromatic carbocycles. The second-order valence-electron chi connectivity index (χ2n) is 6.83. The van der Waals surface area contributed by atoms with E-state index in [0.717, 1.165) is 0 Å². The van der Waals surface area contributed by atoms with E-state index in [1.807, 2.05) is 6.07 Å². The molecule has 0 atom stereocenters. The second-order valence-corrected chi connectivity index (χ2v) is 7.69. The zero-order valence-electron chi connectivity index (χ0n) is 15.5. The molecule has 146 valence electrons. The predicted octanol–water partition coefficient (Wildman–Crippen LogP) is 4.89. The number of carbonyl (C=O) groups is 3. The van der Waals surface area contributed by atoms with Crippen molar-refractivity contribution in [3.05, 3.63) is 99.0 Å². The highest BCUT2D eigenvalue weighted by atomic mass is 79.9. The number of hydrogen-bond donors (Lipinski definition) is 0. The number of hydrogen-bond acceptors (Lipinski definition) is 5. The number of allylic oxidation sites excluding steroid dienone is 2. The summed E-state index contributed by atoms with van der Waals surface area (Å²) < 4.78 is 11.2. The summed E-state index contributed by atoms with van der Waals surface area (Å²) in [7, 11) is 0. The molecule has 5 nitrogen and oxygen atoms in total. The van der Waals surface area contributed by atoms with Gasteiger partial charge in [-0.2, -0.15) is 0 Å². The van der Waals surface area contributed by atoms with Crippen molar-refractivity contribution in [1.29, 1.82) is 0 Å². The molecule has 0 unspecified atom stereocenters. The number of ether oxygens (including phenoxy) is 2. The molecular formula is C24H13BrO5. The monoisotopic (exact) mass is 460 g/mol. The maximum absolute atomic E-state index is 13.6. The van der Waals surface area contributed by atoms with Gasteiger partial charge in [0.1, 0.15) is 0 Å². The topological polar surface area (TPSA) is 69.7 Å². The highest BCUT2D eigenvalue weighted by Gasteiger charge is 2.37. The minimum Gasteiger partial charge on any atom is -0.454 e. The van der Waals surface area contributed by atoms with Crippen molar-refractivity contribution >= 4 is 38.9 Å². The average molecular weight is 461 g/mol. The maximum Gasteiger partial charge on any atom is 0.231 e. The van der Waals surface area contributed by atoms with Crippen LogP contribution in [0.2, 0.25) is 0 Å². The first-order valence-electron chi connectivity index (χ1n) is 9.18. The van der Waals surface area contributed by atoms with Gasteiger partial charge < -0.3 is 9.47 Å². The molecule has 5 rings (SSSR count). The van der Waals surface area contributed by atoms with E-state index in [-0.39, 0.29) is 34.8 Å². The van der Waals surface area contributed by atoms with Crippen molar-refractivity contribution in [3.8, 4) is 11.5 Å². The molecule has 0 saturated heterocycles. The maximum atomic E-state index is 13.6. The number of carbonyl (C=O) groups excluding carboxylic acids is 3. The van der Waals surface area contributed by atoms with E-state index in [4.69, 9.17) is 9.47 Å². The normalized spacial score (nSPS) is 14.7.